The van der Waals surface area contributed by atoms with Gasteiger partial charge < -0.3 is 9.30 Å². The minimum Gasteiger partial charge on any atom is -0.378 e. The predicted molar refractivity (Wildman–Crippen MR) is 116 cm³/mol. The Morgan fingerprint density at radius 3 is 2.04 bits per heavy atom. The first-order chi connectivity index (χ1) is 13.9. The van der Waals surface area contributed by atoms with E-state index in [0.29, 0.717) is 18.1 Å². The number of morpholine rings is 1. The molecule has 1 saturated carbocycles. The van der Waals surface area contributed by atoms with Gasteiger partial charge in [0.2, 0.25) is 0 Å². The molecule has 2 saturated heterocycles. The molecule has 3 atom stereocenters. The van der Waals surface area contributed by atoms with Crippen molar-refractivity contribution in [2.45, 2.75) is 94.8 Å². The van der Waals surface area contributed by atoms with Crippen molar-refractivity contribution in [3.05, 3.63) is 36.5 Å². The summed E-state index contributed by atoms with van der Waals surface area (Å²) in [6.45, 7) is 1.87. The number of para-hydroxylation sites is 1. The Hall–Kier alpha value is -1.32. The van der Waals surface area contributed by atoms with Gasteiger partial charge >= 0.3 is 0 Å². The van der Waals surface area contributed by atoms with E-state index >= 15 is 0 Å². The highest BCUT2D eigenvalue weighted by atomic mass is 16.5. The van der Waals surface area contributed by atoms with Crippen LogP contribution in [0.1, 0.15) is 76.7 Å². The molecule has 3 heterocycles. The molecule has 3 heteroatoms. The average molecular weight is 381 g/mol. The van der Waals surface area contributed by atoms with Crippen LogP contribution in [0.15, 0.2) is 36.5 Å². The van der Waals surface area contributed by atoms with E-state index in [9.17, 15) is 0 Å². The zero-order valence-corrected chi connectivity index (χ0v) is 17.3. The van der Waals surface area contributed by atoms with Crippen LogP contribution < -0.4 is 0 Å². The van der Waals surface area contributed by atoms with Gasteiger partial charge in [0.05, 0.1) is 13.2 Å². The van der Waals surface area contributed by atoms with Gasteiger partial charge in [0.15, 0.2) is 0 Å². The summed E-state index contributed by atoms with van der Waals surface area (Å²) in [4.78, 5) is 2.94. The van der Waals surface area contributed by atoms with E-state index in [-0.39, 0.29) is 0 Å². The van der Waals surface area contributed by atoms with Gasteiger partial charge in [0, 0.05) is 35.9 Å². The van der Waals surface area contributed by atoms with Gasteiger partial charge in [0.25, 0.3) is 0 Å². The van der Waals surface area contributed by atoms with Crippen LogP contribution in [0.2, 0.25) is 0 Å². The van der Waals surface area contributed by atoms with Crippen molar-refractivity contribution in [1.29, 1.82) is 0 Å². The van der Waals surface area contributed by atoms with E-state index in [0.717, 1.165) is 19.3 Å². The summed E-state index contributed by atoms with van der Waals surface area (Å²) in [5.74, 6) is 0. The van der Waals surface area contributed by atoms with Crippen molar-refractivity contribution in [2.75, 3.05) is 13.2 Å². The normalized spacial score (nSPS) is 31.1. The van der Waals surface area contributed by atoms with Crippen molar-refractivity contribution < 1.29 is 4.74 Å². The zero-order chi connectivity index (χ0) is 18.8. The molecule has 0 N–H and O–H groups in total. The third-order valence-electron chi connectivity index (χ3n) is 7.57. The number of hydrogen-bond acceptors (Lipinski definition) is 2. The number of benzene rings is 1. The minimum atomic E-state index is 0.603. The Morgan fingerprint density at radius 1 is 0.679 bits per heavy atom. The van der Waals surface area contributed by atoms with Gasteiger partial charge in [-0.1, -0.05) is 63.1 Å². The monoisotopic (exact) mass is 380 g/mol. The molecular formula is C25H36N2O. The van der Waals surface area contributed by atoms with Crippen molar-refractivity contribution >= 4 is 10.9 Å². The maximum absolute atomic E-state index is 6.06. The van der Waals surface area contributed by atoms with E-state index in [4.69, 9.17) is 4.74 Å². The molecule has 0 spiro atoms. The van der Waals surface area contributed by atoms with Crippen LogP contribution in [0.5, 0.6) is 0 Å². The molecule has 1 aromatic carbocycles. The highest BCUT2D eigenvalue weighted by molar-refractivity contribution is 5.80. The molecule has 2 bridgehead atoms. The third-order valence-corrected chi connectivity index (χ3v) is 7.57. The Balaban J connectivity index is 1.34. The number of aromatic nitrogens is 1. The van der Waals surface area contributed by atoms with Gasteiger partial charge in [-0.15, -0.1) is 0 Å². The summed E-state index contributed by atoms with van der Waals surface area (Å²) in [6, 6.07) is 13.8. The highest BCUT2D eigenvalue weighted by Gasteiger charge is 2.42. The maximum atomic E-state index is 6.06. The van der Waals surface area contributed by atoms with Crippen LogP contribution in [0.4, 0.5) is 0 Å². The number of rotatable bonds is 2. The van der Waals surface area contributed by atoms with E-state index < -0.39 is 0 Å². The molecule has 0 radical (unpaired) electrons. The topological polar surface area (TPSA) is 17.4 Å². The molecule has 2 aliphatic heterocycles. The zero-order valence-electron chi connectivity index (χ0n) is 17.3. The van der Waals surface area contributed by atoms with Crippen molar-refractivity contribution in [3.63, 3.8) is 0 Å². The molecule has 0 amide bonds. The van der Waals surface area contributed by atoms with E-state index in [2.05, 4.69) is 46.0 Å². The lowest BCUT2D eigenvalue weighted by atomic mass is 9.85. The Kier molecular flexibility index (Phi) is 5.73. The van der Waals surface area contributed by atoms with Crippen LogP contribution >= 0.6 is 0 Å². The third kappa shape index (κ3) is 3.76. The molecule has 152 valence electrons. The second-order valence-corrected chi connectivity index (χ2v) is 9.41. The van der Waals surface area contributed by atoms with Crippen LogP contribution in [0, 0.1) is 0 Å². The molecule has 1 aromatic heterocycles. The Labute approximate surface area is 170 Å². The first kappa shape index (κ1) is 18.7. The average Bonchev–Trinajstić information content (AvgIpc) is 3.15. The number of fused-ring (bicyclic) bond motifs is 3. The molecule has 3 fully saturated rings. The van der Waals surface area contributed by atoms with Crippen LogP contribution in [0.3, 0.4) is 0 Å². The number of ether oxygens (including phenoxy) is 1. The van der Waals surface area contributed by atoms with Gasteiger partial charge in [-0.2, -0.15) is 0 Å². The summed E-state index contributed by atoms with van der Waals surface area (Å²) in [5.41, 5.74) is 1.40. The highest BCUT2D eigenvalue weighted by Crippen LogP contribution is 2.39. The summed E-state index contributed by atoms with van der Waals surface area (Å²) in [6.07, 6.45) is 17.7. The van der Waals surface area contributed by atoms with Crippen LogP contribution in [-0.2, 0) is 4.74 Å². The first-order valence-electron chi connectivity index (χ1n) is 11.8. The van der Waals surface area contributed by atoms with E-state index in [1.54, 1.807) is 0 Å². The van der Waals surface area contributed by atoms with Gasteiger partial charge in [-0.25, -0.2) is 0 Å². The molecule has 1 aliphatic carbocycles. The lowest BCUT2D eigenvalue weighted by Gasteiger charge is -2.52. The standard InChI is InChI=1S/C25H36N2O/c1-2-4-6-11-21(12-7-5-3-1)27-23-16-22(17-24(27)19-28-18-23)26-15-14-20-10-8-9-13-25(20)26/h8-10,13-15,21-24H,1-7,11-12,16-19H2/t22?,23-,24?/m1/s1. The van der Waals surface area contributed by atoms with Crippen LogP contribution in [0.25, 0.3) is 10.9 Å². The fraction of sp³-hybridized carbons (Fsp3) is 0.680. The van der Waals surface area contributed by atoms with E-state index in [1.807, 2.05) is 0 Å². The largest absolute Gasteiger partial charge is 0.378 e. The van der Waals surface area contributed by atoms with Gasteiger partial charge in [0.1, 0.15) is 0 Å². The Morgan fingerprint density at radius 2 is 1.32 bits per heavy atom. The van der Waals surface area contributed by atoms with Gasteiger partial charge in [-0.05, 0) is 43.2 Å². The SMILES string of the molecule is c1ccc2c(c1)ccn2C1CC2COC[C@@H](C1)N2C1CCCCCCCCC1. The lowest BCUT2D eigenvalue weighted by Crippen LogP contribution is -2.60. The molecule has 2 unspecified atom stereocenters. The lowest BCUT2D eigenvalue weighted by molar-refractivity contribution is -0.107. The molecule has 28 heavy (non-hydrogen) atoms. The smallest absolute Gasteiger partial charge is 0.0623 e. The molecule has 3 nitrogen and oxygen atoms in total. The number of piperidine rings is 1. The quantitative estimate of drug-likeness (QED) is 0.641. The minimum absolute atomic E-state index is 0.603. The molecule has 3 aliphatic rings. The van der Waals surface area contributed by atoms with Crippen molar-refractivity contribution in [3.8, 4) is 0 Å². The number of hydrogen-bond donors (Lipinski definition) is 0. The predicted octanol–water partition coefficient (Wildman–Crippen LogP) is 5.94. The molecule has 5 rings (SSSR count). The molecular weight excluding hydrogens is 344 g/mol. The first-order valence-corrected chi connectivity index (χ1v) is 11.8. The summed E-state index contributed by atoms with van der Waals surface area (Å²) in [7, 11) is 0. The maximum Gasteiger partial charge on any atom is 0.0623 e. The summed E-state index contributed by atoms with van der Waals surface area (Å²) in [5, 5.41) is 1.37. The molecule has 2 aromatic rings. The fourth-order valence-corrected chi connectivity index (χ4v) is 6.25. The Bertz CT molecular complexity index is 745. The van der Waals surface area contributed by atoms with Crippen LogP contribution in [-0.4, -0.2) is 40.8 Å². The second kappa shape index (κ2) is 8.59. The number of nitrogens with zero attached hydrogens (tertiary/aromatic N) is 2. The summed E-state index contributed by atoms with van der Waals surface area (Å²) >= 11 is 0. The van der Waals surface area contributed by atoms with Crippen molar-refractivity contribution in [2.24, 2.45) is 0 Å². The second-order valence-electron chi connectivity index (χ2n) is 9.41. The van der Waals surface area contributed by atoms with E-state index in [1.165, 1.54) is 81.5 Å². The fourth-order valence-electron chi connectivity index (χ4n) is 6.25. The van der Waals surface area contributed by atoms with Gasteiger partial charge in [-0.3, -0.25) is 4.90 Å². The summed E-state index contributed by atoms with van der Waals surface area (Å²) < 4.78 is 8.62. The van der Waals surface area contributed by atoms with Crippen molar-refractivity contribution in [1.82, 2.24) is 9.47 Å².